The fourth-order valence-corrected chi connectivity index (χ4v) is 1.60. The lowest BCUT2D eigenvalue weighted by Gasteiger charge is -2.22. The molecule has 1 atom stereocenters. The Balaban J connectivity index is 2.23. The number of carboxylic acid groups (broad SMARTS) is 1. The number of ether oxygens (including phenoxy) is 1. The normalized spacial score (nSPS) is 20.2. The number of likely N-dealkylation sites (N-methyl/N-ethyl adjacent to an activating group) is 1. The highest BCUT2D eigenvalue weighted by Gasteiger charge is 2.23. The SMILES string of the molecule is CN(C(=O)CCCC(=O)O)C1CCOC1. The highest BCUT2D eigenvalue weighted by atomic mass is 16.5. The molecule has 5 heteroatoms. The van der Waals surface area contributed by atoms with E-state index in [9.17, 15) is 9.59 Å². The van der Waals surface area contributed by atoms with Gasteiger partial charge in [0.2, 0.25) is 5.91 Å². The van der Waals surface area contributed by atoms with Crippen LogP contribution in [0.3, 0.4) is 0 Å². The second-order valence-corrected chi connectivity index (χ2v) is 3.77. The molecule has 0 aromatic carbocycles. The van der Waals surface area contributed by atoms with Crippen molar-refractivity contribution in [2.75, 3.05) is 20.3 Å². The molecule has 0 bridgehead atoms. The first kappa shape index (κ1) is 12.0. The average Bonchev–Trinajstić information content (AvgIpc) is 2.68. The predicted octanol–water partition coefficient (Wildman–Crippen LogP) is 0.489. The van der Waals surface area contributed by atoms with E-state index < -0.39 is 5.97 Å². The average molecular weight is 215 g/mol. The summed E-state index contributed by atoms with van der Waals surface area (Å²) in [6.07, 6.45) is 1.65. The molecule has 1 N–H and O–H groups in total. The molecule has 0 spiro atoms. The summed E-state index contributed by atoms with van der Waals surface area (Å²) in [5, 5.41) is 8.43. The van der Waals surface area contributed by atoms with Crippen LogP contribution in [-0.4, -0.2) is 48.2 Å². The lowest BCUT2D eigenvalue weighted by Crippen LogP contribution is -2.37. The van der Waals surface area contributed by atoms with Crippen LogP contribution in [0.5, 0.6) is 0 Å². The monoisotopic (exact) mass is 215 g/mol. The van der Waals surface area contributed by atoms with Crippen molar-refractivity contribution in [3.05, 3.63) is 0 Å². The quantitative estimate of drug-likeness (QED) is 0.724. The smallest absolute Gasteiger partial charge is 0.303 e. The Morgan fingerprint density at radius 3 is 2.73 bits per heavy atom. The van der Waals surface area contributed by atoms with Gasteiger partial charge >= 0.3 is 5.97 Å². The first-order valence-electron chi connectivity index (χ1n) is 5.16. The zero-order valence-corrected chi connectivity index (χ0v) is 8.94. The van der Waals surface area contributed by atoms with Crippen LogP contribution in [0.25, 0.3) is 0 Å². The van der Waals surface area contributed by atoms with Gasteiger partial charge in [0, 0.05) is 26.5 Å². The molecule has 1 aliphatic rings. The topological polar surface area (TPSA) is 66.8 Å². The van der Waals surface area contributed by atoms with Gasteiger partial charge in [-0.1, -0.05) is 0 Å². The molecule has 1 amide bonds. The molecule has 1 heterocycles. The summed E-state index contributed by atoms with van der Waals surface area (Å²) < 4.78 is 5.18. The van der Waals surface area contributed by atoms with E-state index in [1.54, 1.807) is 11.9 Å². The Morgan fingerprint density at radius 2 is 2.20 bits per heavy atom. The molecule has 1 unspecified atom stereocenters. The first-order chi connectivity index (χ1) is 7.11. The van der Waals surface area contributed by atoms with Gasteiger partial charge in [0.15, 0.2) is 0 Å². The van der Waals surface area contributed by atoms with Crippen LogP contribution < -0.4 is 0 Å². The van der Waals surface area contributed by atoms with Gasteiger partial charge in [0.25, 0.3) is 0 Å². The van der Waals surface area contributed by atoms with Crippen LogP contribution in [0.2, 0.25) is 0 Å². The number of nitrogens with zero attached hydrogens (tertiary/aromatic N) is 1. The van der Waals surface area contributed by atoms with Crippen LogP contribution in [0, 0.1) is 0 Å². The first-order valence-corrected chi connectivity index (χ1v) is 5.16. The summed E-state index contributed by atoms with van der Waals surface area (Å²) in [4.78, 5) is 23.5. The van der Waals surface area contributed by atoms with E-state index in [-0.39, 0.29) is 18.4 Å². The fraction of sp³-hybridized carbons (Fsp3) is 0.800. The van der Waals surface area contributed by atoms with Gasteiger partial charge in [-0.25, -0.2) is 0 Å². The summed E-state index contributed by atoms with van der Waals surface area (Å²) in [6, 6.07) is 0.169. The summed E-state index contributed by atoms with van der Waals surface area (Å²) in [7, 11) is 1.75. The largest absolute Gasteiger partial charge is 0.481 e. The van der Waals surface area contributed by atoms with Crippen molar-refractivity contribution in [2.24, 2.45) is 0 Å². The highest BCUT2D eigenvalue weighted by molar-refractivity contribution is 5.77. The fourth-order valence-electron chi connectivity index (χ4n) is 1.60. The lowest BCUT2D eigenvalue weighted by atomic mass is 10.2. The molecule has 1 aliphatic heterocycles. The predicted molar refractivity (Wildman–Crippen MR) is 53.5 cm³/mol. The zero-order chi connectivity index (χ0) is 11.3. The molecule has 1 fully saturated rings. The number of carbonyl (C=O) groups excluding carboxylic acids is 1. The van der Waals surface area contributed by atoms with E-state index in [0.29, 0.717) is 26.1 Å². The second-order valence-electron chi connectivity index (χ2n) is 3.77. The van der Waals surface area contributed by atoms with Crippen LogP contribution in [0.4, 0.5) is 0 Å². The lowest BCUT2D eigenvalue weighted by molar-refractivity contribution is -0.137. The summed E-state index contributed by atoms with van der Waals surface area (Å²) >= 11 is 0. The van der Waals surface area contributed by atoms with E-state index in [1.807, 2.05) is 0 Å². The molecule has 1 rings (SSSR count). The number of carboxylic acids is 1. The van der Waals surface area contributed by atoms with Crippen molar-refractivity contribution < 1.29 is 19.4 Å². The Labute approximate surface area is 89.0 Å². The van der Waals surface area contributed by atoms with Crippen LogP contribution in [0.15, 0.2) is 0 Å². The molecule has 0 saturated carbocycles. The van der Waals surface area contributed by atoms with Gasteiger partial charge in [-0.2, -0.15) is 0 Å². The van der Waals surface area contributed by atoms with E-state index >= 15 is 0 Å². The summed E-state index contributed by atoms with van der Waals surface area (Å²) in [5.74, 6) is -0.846. The van der Waals surface area contributed by atoms with E-state index in [4.69, 9.17) is 9.84 Å². The molecule has 0 aliphatic carbocycles. The van der Waals surface area contributed by atoms with Gasteiger partial charge in [-0.05, 0) is 12.8 Å². The Bertz CT molecular complexity index is 236. The zero-order valence-electron chi connectivity index (χ0n) is 8.94. The maximum absolute atomic E-state index is 11.6. The van der Waals surface area contributed by atoms with E-state index in [2.05, 4.69) is 0 Å². The molecule has 0 aromatic rings. The maximum Gasteiger partial charge on any atom is 0.303 e. The van der Waals surface area contributed by atoms with E-state index in [1.165, 1.54) is 0 Å². The third-order valence-electron chi connectivity index (χ3n) is 2.63. The van der Waals surface area contributed by atoms with Crippen LogP contribution >= 0.6 is 0 Å². The third kappa shape index (κ3) is 3.87. The molecule has 1 saturated heterocycles. The van der Waals surface area contributed by atoms with Gasteiger partial charge in [-0.15, -0.1) is 0 Å². The Kier molecular flexibility index (Phi) is 4.55. The van der Waals surface area contributed by atoms with Gasteiger partial charge in [-0.3, -0.25) is 9.59 Å². The van der Waals surface area contributed by atoms with Crippen molar-refractivity contribution in [2.45, 2.75) is 31.7 Å². The van der Waals surface area contributed by atoms with Crippen molar-refractivity contribution in [1.82, 2.24) is 4.90 Å². The standard InChI is InChI=1S/C10H17NO4/c1-11(8-5-6-15-7-8)9(12)3-2-4-10(13)14/h8H,2-7H2,1H3,(H,13,14). The van der Waals surface area contributed by atoms with Gasteiger partial charge < -0.3 is 14.7 Å². The third-order valence-corrected chi connectivity index (χ3v) is 2.63. The van der Waals surface area contributed by atoms with Crippen molar-refractivity contribution in [1.29, 1.82) is 0 Å². The van der Waals surface area contributed by atoms with Crippen LogP contribution in [-0.2, 0) is 14.3 Å². The van der Waals surface area contributed by atoms with Gasteiger partial charge in [0.1, 0.15) is 0 Å². The number of hydrogen-bond donors (Lipinski definition) is 1. The molecule has 0 aromatic heterocycles. The molecule has 5 nitrogen and oxygen atoms in total. The maximum atomic E-state index is 11.6. The number of rotatable bonds is 5. The number of amides is 1. The molecule has 86 valence electrons. The van der Waals surface area contributed by atoms with Crippen molar-refractivity contribution in [3.8, 4) is 0 Å². The van der Waals surface area contributed by atoms with Gasteiger partial charge in [0.05, 0.1) is 12.6 Å². The number of hydrogen-bond acceptors (Lipinski definition) is 3. The molecule has 15 heavy (non-hydrogen) atoms. The minimum absolute atomic E-state index is 0.00625. The van der Waals surface area contributed by atoms with Crippen LogP contribution in [0.1, 0.15) is 25.7 Å². The molecule has 0 radical (unpaired) electrons. The van der Waals surface area contributed by atoms with E-state index in [0.717, 1.165) is 6.42 Å². The molecular formula is C10H17NO4. The Hall–Kier alpha value is -1.10. The second kappa shape index (κ2) is 5.70. The highest BCUT2D eigenvalue weighted by Crippen LogP contribution is 2.12. The minimum Gasteiger partial charge on any atom is -0.481 e. The number of carbonyl (C=O) groups is 2. The molecular weight excluding hydrogens is 198 g/mol. The van der Waals surface area contributed by atoms with Crippen molar-refractivity contribution in [3.63, 3.8) is 0 Å². The summed E-state index contributed by atoms with van der Waals surface area (Å²) in [6.45, 7) is 1.30. The summed E-state index contributed by atoms with van der Waals surface area (Å²) in [5.41, 5.74) is 0. The number of aliphatic carboxylic acids is 1. The minimum atomic E-state index is -0.852. The Morgan fingerprint density at radius 1 is 1.47 bits per heavy atom. The van der Waals surface area contributed by atoms with Crippen molar-refractivity contribution >= 4 is 11.9 Å².